The molecular weight excluding hydrogens is 295 g/mol. The Morgan fingerprint density at radius 1 is 1.30 bits per heavy atom. The zero-order valence-electron chi connectivity index (χ0n) is 10.7. The maximum Gasteiger partial charge on any atom is 0.417 e. The van der Waals surface area contributed by atoms with Gasteiger partial charge in [0.2, 0.25) is 10.0 Å². The SMILES string of the molecule is CC1(O)CCN(S(=O)(=O)c2ccccc2C(F)(F)F)C1. The first kappa shape index (κ1) is 15.3. The Labute approximate surface area is 114 Å². The molecule has 1 N–H and O–H groups in total. The lowest BCUT2D eigenvalue weighted by Gasteiger charge is -2.21. The van der Waals surface area contributed by atoms with E-state index in [1.54, 1.807) is 0 Å². The molecule has 0 spiro atoms. The molecule has 1 heterocycles. The molecule has 1 aliphatic rings. The first-order valence-electron chi connectivity index (χ1n) is 5.93. The number of halogens is 3. The van der Waals surface area contributed by atoms with Crippen molar-refractivity contribution in [3.05, 3.63) is 29.8 Å². The van der Waals surface area contributed by atoms with E-state index < -0.39 is 32.3 Å². The first-order chi connectivity index (χ1) is 9.04. The zero-order valence-corrected chi connectivity index (χ0v) is 11.5. The van der Waals surface area contributed by atoms with Gasteiger partial charge in [-0.25, -0.2) is 8.42 Å². The van der Waals surface area contributed by atoms with Gasteiger partial charge in [0.1, 0.15) is 0 Å². The minimum atomic E-state index is -4.74. The number of hydrogen-bond acceptors (Lipinski definition) is 3. The summed E-state index contributed by atoms with van der Waals surface area (Å²) in [7, 11) is -4.27. The largest absolute Gasteiger partial charge is 0.417 e. The number of rotatable bonds is 2. The molecule has 2 rings (SSSR count). The molecule has 1 fully saturated rings. The van der Waals surface area contributed by atoms with Crippen LogP contribution in [-0.4, -0.2) is 36.5 Å². The van der Waals surface area contributed by atoms with Gasteiger partial charge in [0.15, 0.2) is 0 Å². The van der Waals surface area contributed by atoms with E-state index in [9.17, 15) is 26.7 Å². The fourth-order valence-electron chi connectivity index (χ4n) is 2.17. The minimum absolute atomic E-state index is 0.00151. The number of aliphatic hydroxyl groups is 1. The summed E-state index contributed by atoms with van der Waals surface area (Å²) in [6.45, 7) is 1.25. The molecule has 0 aliphatic carbocycles. The predicted octanol–water partition coefficient (Wildman–Crippen LogP) is 1.85. The van der Waals surface area contributed by atoms with Crippen LogP contribution in [0.15, 0.2) is 29.2 Å². The predicted molar refractivity (Wildman–Crippen MR) is 65.4 cm³/mol. The van der Waals surface area contributed by atoms with Crippen LogP contribution in [0.1, 0.15) is 18.9 Å². The quantitative estimate of drug-likeness (QED) is 0.907. The van der Waals surface area contributed by atoms with Crippen molar-refractivity contribution >= 4 is 10.0 Å². The summed E-state index contributed by atoms with van der Waals surface area (Å²) in [4.78, 5) is -0.773. The van der Waals surface area contributed by atoms with Crippen molar-refractivity contribution in [1.82, 2.24) is 4.31 Å². The Morgan fingerprint density at radius 3 is 2.40 bits per heavy atom. The van der Waals surface area contributed by atoms with E-state index >= 15 is 0 Å². The highest BCUT2D eigenvalue weighted by Crippen LogP contribution is 2.36. The molecule has 0 bridgehead atoms. The molecule has 0 radical (unpaired) electrons. The van der Waals surface area contributed by atoms with Crippen molar-refractivity contribution in [3.63, 3.8) is 0 Å². The molecule has 0 aromatic heterocycles. The second-order valence-corrected chi connectivity index (χ2v) is 6.99. The maximum atomic E-state index is 12.9. The summed E-state index contributed by atoms with van der Waals surface area (Å²) in [5, 5.41) is 9.78. The molecule has 0 amide bonds. The molecule has 4 nitrogen and oxygen atoms in total. The van der Waals surface area contributed by atoms with Gasteiger partial charge in [-0.05, 0) is 25.5 Å². The highest BCUT2D eigenvalue weighted by atomic mass is 32.2. The van der Waals surface area contributed by atoms with Crippen LogP contribution in [0.3, 0.4) is 0 Å². The molecule has 1 atom stereocenters. The van der Waals surface area contributed by atoms with Crippen molar-refractivity contribution in [2.45, 2.75) is 30.0 Å². The van der Waals surface area contributed by atoms with Crippen LogP contribution in [0.25, 0.3) is 0 Å². The molecule has 1 aromatic rings. The van der Waals surface area contributed by atoms with Crippen LogP contribution in [0.5, 0.6) is 0 Å². The summed E-state index contributed by atoms with van der Waals surface area (Å²) in [5.74, 6) is 0. The van der Waals surface area contributed by atoms with E-state index in [0.29, 0.717) is 0 Å². The Morgan fingerprint density at radius 2 is 1.90 bits per heavy atom. The summed E-state index contributed by atoms with van der Waals surface area (Å²) >= 11 is 0. The molecule has 1 aliphatic heterocycles. The number of β-amino-alcohol motifs (C(OH)–C–C–N with tert-alkyl or cyclic N) is 1. The highest BCUT2D eigenvalue weighted by Gasteiger charge is 2.43. The third-order valence-electron chi connectivity index (χ3n) is 3.23. The normalized spacial score (nSPS) is 25.1. The van der Waals surface area contributed by atoms with E-state index in [0.717, 1.165) is 22.5 Å². The maximum absolute atomic E-state index is 12.9. The zero-order chi connectivity index (χ0) is 15.2. The first-order valence-corrected chi connectivity index (χ1v) is 7.37. The topological polar surface area (TPSA) is 57.6 Å². The van der Waals surface area contributed by atoms with Gasteiger partial charge < -0.3 is 5.11 Å². The van der Waals surface area contributed by atoms with Crippen molar-refractivity contribution in [1.29, 1.82) is 0 Å². The average molecular weight is 309 g/mol. The number of nitrogens with zero attached hydrogens (tertiary/aromatic N) is 1. The van der Waals surface area contributed by atoms with Crippen molar-refractivity contribution in [2.75, 3.05) is 13.1 Å². The summed E-state index contributed by atoms with van der Waals surface area (Å²) in [5.41, 5.74) is -2.40. The van der Waals surface area contributed by atoms with Crippen LogP contribution in [0, 0.1) is 0 Å². The number of benzene rings is 1. The van der Waals surface area contributed by atoms with E-state index in [4.69, 9.17) is 0 Å². The van der Waals surface area contributed by atoms with Gasteiger partial charge >= 0.3 is 6.18 Å². The number of hydrogen-bond donors (Lipinski definition) is 1. The Balaban J connectivity index is 2.46. The van der Waals surface area contributed by atoms with Crippen LogP contribution >= 0.6 is 0 Å². The van der Waals surface area contributed by atoms with Crippen molar-refractivity contribution in [2.24, 2.45) is 0 Å². The van der Waals surface area contributed by atoms with Crippen LogP contribution in [-0.2, 0) is 16.2 Å². The Kier molecular flexibility index (Phi) is 3.60. The van der Waals surface area contributed by atoms with E-state index in [2.05, 4.69) is 0 Å². The average Bonchev–Trinajstić information content (AvgIpc) is 2.69. The van der Waals surface area contributed by atoms with E-state index in [1.807, 2.05) is 0 Å². The van der Waals surface area contributed by atoms with Crippen LogP contribution < -0.4 is 0 Å². The second-order valence-electron chi connectivity index (χ2n) is 5.08. The lowest BCUT2D eigenvalue weighted by molar-refractivity contribution is -0.139. The molecule has 0 saturated carbocycles. The van der Waals surface area contributed by atoms with Gasteiger partial charge in [-0.2, -0.15) is 17.5 Å². The molecule has 20 heavy (non-hydrogen) atoms. The molecular formula is C12H14F3NO3S. The smallest absolute Gasteiger partial charge is 0.389 e. The molecule has 1 unspecified atom stereocenters. The van der Waals surface area contributed by atoms with E-state index in [1.165, 1.54) is 13.0 Å². The molecule has 112 valence electrons. The Hall–Kier alpha value is -1.12. The molecule has 1 saturated heterocycles. The fourth-order valence-corrected chi connectivity index (χ4v) is 3.94. The summed E-state index contributed by atoms with van der Waals surface area (Å²) < 4.78 is 64.2. The van der Waals surface area contributed by atoms with Crippen LogP contribution in [0.2, 0.25) is 0 Å². The third-order valence-corrected chi connectivity index (χ3v) is 5.13. The minimum Gasteiger partial charge on any atom is -0.389 e. The highest BCUT2D eigenvalue weighted by molar-refractivity contribution is 7.89. The number of sulfonamides is 1. The van der Waals surface area contributed by atoms with E-state index in [-0.39, 0.29) is 19.5 Å². The fraction of sp³-hybridized carbons (Fsp3) is 0.500. The second kappa shape index (κ2) is 4.71. The molecule has 8 heteroatoms. The third kappa shape index (κ3) is 2.82. The van der Waals surface area contributed by atoms with Gasteiger partial charge in [-0.3, -0.25) is 0 Å². The van der Waals surface area contributed by atoms with Crippen molar-refractivity contribution in [3.8, 4) is 0 Å². The van der Waals surface area contributed by atoms with Gasteiger partial charge in [0.05, 0.1) is 16.1 Å². The van der Waals surface area contributed by atoms with Gasteiger partial charge in [0, 0.05) is 13.1 Å². The van der Waals surface area contributed by atoms with Gasteiger partial charge in [-0.15, -0.1) is 0 Å². The lowest BCUT2D eigenvalue weighted by Crippen LogP contribution is -2.34. The lowest BCUT2D eigenvalue weighted by atomic mass is 10.1. The Bertz CT molecular complexity index is 611. The number of alkyl halides is 3. The monoisotopic (exact) mass is 309 g/mol. The van der Waals surface area contributed by atoms with Crippen LogP contribution in [0.4, 0.5) is 13.2 Å². The van der Waals surface area contributed by atoms with Gasteiger partial charge in [0.25, 0.3) is 0 Å². The standard InChI is InChI=1S/C12H14F3NO3S/c1-11(17)6-7-16(8-11)20(18,19)10-5-3-2-4-9(10)12(13,14)15/h2-5,17H,6-8H2,1H3. The summed E-state index contributed by atoms with van der Waals surface area (Å²) in [6.07, 6.45) is -4.55. The summed E-state index contributed by atoms with van der Waals surface area (Å²) in [6, 6.07) is 4.06. The van der Waals surface area contributed by atoms with Crippen molar-refractivity contribution < 1.29 is 26.7 Å². The molecule has 1 aromatic carbocycles. The van der Waals surface area contributed by atoms with Gasteiger partial charge in [-0.1, -0.05) is 12.1 Å².